The Kier molecular flexibility index (Phi) is 3.80. The van der Waals surface area contributed by atoms with Crippen LogP contribution in [-0.2, 0) is 0 Å². The maximum absolute atomic E-state index is 4.05. The second-order valence-corrected chi connectivity index (χ2v) is 11.2. The van der Waals surface area contributed by atoms with Crippen LogP contribution in [0.5, 0.6) is 0 Å². The Labute approximate surface area is 91.3 Å². The third kappa shape index (κ3) is 2.48. The molecule has 84 valence electrons. The molecule has 1 nitrogen and oxygen atoms in total. The number of hydrogen-bond donors (Lipinski definition) is 0. The summed E-state index contributed by atoms with van der Waals surface area (Å²) in [6.07, 6.45) is 0. The average Bonchev–Trinajstić information content (AvgIpc) is 1.97. The first-order valence-corrected chi connectivity index (χ1v) is 7.87. The highest BCUT2D eigenvalue weighted by Gasteiger charge is 2.44. The molecule has 0 aliphatic heterocycles. The Morgan fingerprint density at radius 2 is 1.43 bits per heavy atom. The van der Waals surface area contributed by atoms with Gasteiger partial charge in [-0.1, -0.05) is 33.0 Å². The Morgan fingerprint density at radius 1 is 1.07 bits per heavy atom. The van der Waals surface area contributed by atoms with Gasteiger partial charge in [-0.25, -0.2) is 0 Å². The molecule has 2 heteroatoms. The van der Waals surface area contributed by atoms with Crippen molar-refractivity contribution in [1.82, 2.24) is 4.57 Å². The van der Waals surface area contributed by atoms with E-state index in [1.807, 2.05) is 0 Å². The summed E-state index contributed by atoms with van der Waals surface area (Å²) in [5.41, 5.74) is 2.43. The molecule has 0 aliphatic carbocycles. The number of hydrogen-bond acceptors (Lipinski definition) is 1. The Bertz CT molecular complexity index is 209. The summed E-state index contributed by atoms with van der Waals surface area (Å²) in [5.74, 6) is 0. The molecule has 0 fully saturated rings. The van der Waals surface area contributed by atoms with Crippen molar-refractivity contribution in [1.29, 1.82) is 0 Å². The third-order valence-corrected chi connectivity index (χ3v) is 9.52. The molecular weight excluding hydrogens is 186 g/mol. The molecule has 0 aromatic heterocycles. The van der Waals surface area contributed by atoms with Gasteiger partial charge < -0.3 is 4.57 Å². The lowest BCUT2D eigenvalue weighted by Crippen LogP contribution is -2.60. The second-order valence-electron chi connectivity index (χ2n) is 6.33. The van der Waals surface area contributed by atoms with Crippen molar-refractivity contribution in [3.05, 3.63) is 12.3 Å². The van der Waals surface area contributed by atoms with E-state index in [0.717, 1.165) is 0 Å². The predicted molar refractivity (Wildman–Crippen MR) is 69.0 cm³/mol. The van der Waals surface area contributed by atoms with E-state index in [2.05, 4.69) is 72.0 Å². The van der Waals surface area contributed by atoms with E-state index in [1.54, 1.807) is 0 Å². The number of rotatable bonds is 2. The minimum Gasteiger partial charge on any atom is -0.318 e. The third-order valence-electron chi connectivity index (χ3n) is 3.62. The summed E-state index contributed by atoms with van der Waals surface area (Å²) >= 11 is 0. The van der Waals surface area contributed by atoms with Crippen LogP contribution in [-0.4, -0.2) is 25.4 Å². The lowest BCUT2D eigenvalue weighted by Gasteiger charge is -2.50. The molecular formula is C12H27NSi. The van der Waals surface area contributed by atoms with E-state index in [9.17, 15) is 0 Å². The second kappa shape index (κ2) is 3.82. The van der Waals surface area contributed by atoms with Gasteiger partial charge in [0.15, 0.2) is 8.24 Å². The summed E-state index contributed by atoms with van der Waals surface area (Å²) in [6, 6.07) is 0. The van der Waals surface area contributed by atoms with Crippen molar-refractivity contribution < 1.29 is 0 Å². The van der Waals surface area contributed by atoms with Crippen molar-refractivity contribution in [3.63, 3.8) is 0 Å². The molecule has 0 radical (unpaired) electrons. The van der Waals surface area contributed by atoms with Crippen LogP contribution >= 0.6 is 0 Å². The fraction of sp³-hybridized carbons (Fsp3) is 0.833. The average molecular weight is 213 g/mol. The van der Waals surface area contributed by atoms with E-state index in [-0.39, 0.29) is 5.54 Å². The van der Waals surface area contributed by atoms with Crippen molar-refractivity contribution in [2.45, 2.75) is 58.7 Å². The monoisotopic (exact) mass is 213 g/mol. The standard InChI is InChI=1S/C12H27NSi/c1-10-14(9,12(5,6)7)13(8)11(2,3)4/h10H,1H2,2-9H3. The fourth-order valence-corrected chi connectivity index (χ4v) is 4.93. The first-order valence-electron chi connectivity index (χ1n) is 5.34. The minimum atomic E-state index is -1.57. The fourth-order valence-electron chi connectivity index (χ4n) is 1.64. The maximum atomic E-state index is 4.05. The zero-order chi connectivity index (χ0) is 11.8. The highest BCUT2D eigenvalue weighted by atomic mass is 28.3. The molecule has 1 unspecified atom stereocenters. The lowest BCUT2D eigenvalue weighted by atomic mass is 10.1. The van der Waals surface area contributed by atoms with E-state index < -0.39 is 8.24 Å². The van der Waals surface area contributed by atoms with Crippen molar-refractivity contribution >= 4 is 8.24 Å². The molecule has 0 aromatic carbocycles. The van der Waals surface area contributed by atoms with Crippen LogP contribution in [0.25, 0.3) is 0 Å². The molecule has 1 atom stereocenters. The normalized spacial score (nSPS) is 18.1. The zero-order valence-electron chi connectivity index (χ0n) is 11.2. The first kappa shape index (κ1) is 13.9. The van der Waals surface area contributed by atoms with Gasteiger partial charge in [0.1, 0.15) is 0 Å². The summed E-state index contributed by atoms with van der Waals surface area (Å²) in [5, 5.41) is 0.330. The first-order chi connectivity index (χ1) is 5.97. The Balaban J connectivity index is 5.17. The lowest BCUT2D eigenvalue weighted by molar-refractivity contribution is 0.275. The van der Waals surface area contributed by atoms with E-state index in [0.29, 0.717) is 5.04 Å². The summed E-state index contributed by atoms with van der Waals surface area (Å²) in [7, 11) is 0.669. The molecule has 0 amide bonds. The van der Waals surface area contributed by atoms with Gasteiger partial charge in [0.25, 0.3) is 0 Å². The SMILES string of the molecule is C=C[Si](C)(N(C)C(C)(C)C)C(C)(C)C. The van der Waals surface area contributed by atoms with E-state index >= 15 is 0 Å². The van der Waals surface area contributed by atoms with Crippen molar-refractivity contribution in [2.75, 3.05) is 7.05 Å². The van der Waals surface area contributed by atoms with Crippen LogP contribution in [0.4, 0.5) is 0 Å². The number of nitrogens with zero attached hydrogens (tertiary/aromatic N) is 1. The van der Waals surface area contributed by atoms with Gasteiger partial charge in [-0.05, 0) is 32.9 Å². The Morgan fingerprint density at radius 3 is 1.50 bits per heavy atom. The summed E-state index contributed by atoms with van der Waals surface area (Å²) < 4.78 is 2.53. The van der Waals surface area contributed by atoms with Gasteiger partial charge in [-0.2, -0.15) is 0 Å². The smallest absolute Gasteiger partial charge is 0.155 e. The molecule has 0 spiro atoms. The van der Waals surface area contributed by atoms with Crippen LogP contribution in [0.3, 0.4) is 0 Å². The van der Waals surface area contributed by atoms with Crippen molar-refractivity contribution in [3.8, 4) is 0 Å². The van der Waals surface area contributed by atoms with E-state index in [1.165, 1.54) is 0 Å². The van der Waals surface area contributed by atoms with Crippen LogP contribution < -0.4 is 0 Å². The van der Waals surface area contributed by atoms with Gasteiger partial charge in [-0.15, -0.1) is 6.58 Å². The summed E-state index contributed by atoms with van der Waals surface area (Å²) in [6.45, 7) is 20.2. The molecule has 0 heterocycles. The van der Waals surface area contributed by atoms with Crippen LogP contribution in [0.15, 0.2) is 12.3 Å². The molecule has 0 saturated heterocycles. The van der Waals surface area contributed by atoms with Gasteiger partial charge in [0.05, 0.1) is 0 Å². The topological polar surface area (TPSA) is 3.24 Å². The molecule has 0 bridgehead atoms. The Hall–Kier alpha value is -0.0831. The van der Waals surface area contributed by atoms with Crippen LogP contribution in [0.1, 0.15) is 41.5 Å². The molecule has 0 N–H and O–H groups in total. The molecule has 0 aromatic rings. The largest absolute Gasteiger partial charge is 0.318 e. The van der Waals surface area contributed by atoms with Gasteiger partial charge in [-0.3, -0.25) is 0 Å². The highest BCUT2D eigenvalue weighted by molar-refractivity contribution is 6.83. The van der Waals surface area contributed by atoms with Crippen molar-refractivity contribution in [2.24, 2.45) is 0 Å². The zero-order valence-corrected chi connectivity index (χ0v) is 12.2. The van der Waals surface area contributed by atoms with Gasteiger partial charge >= 0.3 is 0 Å². The quantitative estimate of drug-likeness (QED) is 0.630. The summed E-state index contributed by atoms with van der Waals surface area (Å²) in [4.78, 5) is 0. The van der Waals surface area contributed by atoms with Crippen LogP contribution in [0, 0.1) is 0 Å². The maximum Gasteiger partial charge on any atom is 0.155 e. The minimum absolute atomic E-state index is 0.225. The van der Waals surface area contributed by atoms with Gasteiger partial charge in [0.2, 0.25) is 0 Å². The molecule has 0 rings (SSSR count). The van der Waals surface area contributed by atoms with Gasteiger partial charge in [0, 0.05) is 5.54 Å². The molecule has 0 saturated carbocycles. The molecule has 0 aliphatic rings. The van der Waals surface area contributed by atoms with E-state index in [4.69, 9.17) is 0 Å². The molecule has 14 heavy (non-hydrogen) atoms. The highest BCUT2D eigenvalue weighted by Crippen LogP contribution is 2.40. The van der Waals surface area contributed by atoms with Crippen LogP contribution in [0.2, 0.25) is 11.6 Å². The predicted octanol–water partition coefficient (Wildman–Crippen LogP) is 3.82.